The Bertz CT molecular complexity index is 814. The number of amides is 1. The third-order valence-corrected chi connectivity index (χ3v) is 5.09. The van der Waals surface area contributed by atoms with Gasteiger partial charge in [-0.1, -0.05) is 29.8 Å². The normalized spacial score (nSPS) is 11.3. The van der Waals surface area contributed by atoms with Gasteiger partial charge in [-0.15, -0.1) is 0 Å². The second-order valence-corrected chi connectivity index (χ2v) is 7.38. The maximum atomic E-state index is 12.4. The zero-order chi connectivity index (χ0) is 17.7. The van der Waals surface area contributed by atoms with Gasteiger partial charge in [-0.05, 0) is 50.6 Å². The summed E-state index contributed by atoms with van der Waals surface area (Å²) in [7, 11) is -3.70. The maximum absolute atomic E-state index is 12.4. The summed E-state index contributed by atoms with van der Waals surface area (Å²) in [5, 5.41) is 0. The number of rotatable bonds is 6. The molecule has 0 aliphatic carbocycles. The van der Waals surface area contributed by atoms with Crippen molar-refractivity contribution in [1.29, 1.82) is 0 Å². The lowest BCUT2D eigenvalue weighted by Crippen LogP contribution is -2.40. The highest BCUT2D eigenvalue weighted by Gasteiger charge is 2.19. The molecule has 0 aliphatic rings. The maximum Gasteiger partial charge on any atom is 0.242 e. The van der Waals surface area contributed by atoms with Crippen LogP contribution < -0.4 is 9.62 Å². The van der Waals surface area contributed by atoms with Gasteiger partial charge in [-0.2, -0.15) is 0 Å². The van der Waals surface area contributed by atoms with Crippen LogP contribution in [-0.4, -0.2) is 27.4 Å². The van der Waals surface area contributed by atoms with Crippen LogP contribution in [0.4, 0.5) is 5.69 Å². The second kappa shape index (κ2) is 7.59. The van der Waals surface area contributed by atoms with Gasteiger partial charge in [0.25, 0.3) is 0 Å². The van der Waals surface area contributed by atoms with Crippen LogP contribution in [0, 0.1) is 13.8 Å². The van der Waals surface area contributed by atoms with E-state index in [1.165, 1.54) is 12.1 Å². The van der Waals surface area contributed by atoms with Crippen LogP contribution >= 0.6 is 0 Å². The highest BCUT2D eigenvalue weighted by atomic mass is 32.2. The van der Waals surface area contributed by atoms with E-state index >= 15 is 0 Å². The summed E-state index contributed by atoms with van der Waals surface area (Å²) in [6, 6.07) is 14.1. The van der Waals surface area contributed by atoms with Crippen molar-refractivity contribution < 1.29 is 13.2 Å². The molecule has 24 heavy (non-hydrogen) atoms. The minimum absolute atomic E-state index is 0.152. The highest BCUT2D eigenvalue weighted by molar-refractivity contribution is 7.89. The molecule has 0 fully saturated rings. The average Bonchev–Trinajstić information content (AvgIpc) is 2.54. The third kappa shape index (κ3) is 4.43. The Morgan fingerprint density at radius 1 is 1.04 bits per heavy atom. The van der Waals surface area contributed by atoms with Crippen molar-refractivity contribution in [1.82, 2.24) is 4.72 Å². The second-order valence-electron chi connectivity index (χ2n) is 5.61. The van der Waals surface area contributed by atoms with Crippen molar-refractivity contribution in [3.63, 3.8) is 0 Å². The molecule has 0 aliphatic heterocycles. The molecule has 0 saturated heterocycles. The lowest BCUT2D eigenvalue weighted by Gasteiger charge is -2.21. The molecule has 1 amide bonds. The first kappa shape index (κ1) is 18.2. The fourth-order valence-electron chi connectivity index (χ4n) is 2.35. The molecule has 2 aromatic rings. The van der Waals surface area contributed by atoms with Gasteiger partial charge >= 0.3 is 0 Å². The molecule has 0 bridgehead atoms. The van der Waals surface area contributed by atoms with Gasteiger partial charge in [-0.3, -0.25) is 4.79 Å². The van der Waals surface area contributed by atoms with Crippen molar-refractivity contribution in [2.45, 2.75) is 25.7 Å². The molecule has 0 spiro atoms. The molecule has 0 atom stereocenters. The summed E-state index contributed by atoms with van der Waals surface area (Å²) in [6.07, 6.45) is 0. The topological polar surface area (TPSA) is 66.5 Å². The minimum Gasteiger partial charge on any atom is -0.312 e. The molecule has 128 valence electrons. The van der Waals surface area contributed by atoms with Crippen LogP contribution in [0.3, 0.4) is 0 Å². The van der Waals surface area contributed by atoms with Gasteiger partial charge in [0.2, 0.25) is 15.9 Å². The van der Waals surface area contributed by atoms with E-state index in [1.807, 2.05) is 45.0 Å². The molecular weight excluding hydrogens is 324 g/mol. The molecule has 0 aromatic heterocycles. The number of sulfonamides is 1. The summed E-state index contributed by atoms with van der Waals surface area (Å²) < 4.78 is 26.9. The molecule has 0 radical (unpaired) electrons. The quantitative estimate of drug-likeness (QED) is 0.874. The third-order valence-electron chi connectivity index (χ3n) is 3.68. The Kier molecular flexibility index (Phi) is 5.75. The van der Waals surface area contributed by atoms with Crippen LogP contribution in [0.15, 0.2) is 53.4 Å². The lowest BCUT2D eigenvalue weighted by atomic mass is 10.2. The molecule has 0 saturated carbocycles. The number of aryl methyl sites for hydroxylation is 2. The minimum atomic E-state index is -3.70. The first-order chi connectivity index (χ1) is 11.3. The fraction of sp³-hybridized carbons (Fsp3) is 0.278. The molecule has 1 N–H and O–H groups in total. The first-order valence-electron chi connectivity index (χ1n) is 7.77. The van der Waals surface area contributed by atoms with Crippen LogP contribution in [0.5, 0.6) is 0 Å². The molecule has 2 rings (SSSR count). The summed E-state index contributed by atoms with van der Waals surface area (Å²) in [5.41, 5.74) is 2.78. The molecule has 0 unspecified atom stereocenters. The molecule has 6 heteroatoms. The zero-order valence-corrected chi connectivity index (χ0v) is 14.9. The highest BCUT2D eigenvalue weighted by Crippen LogP contribution is 2.16. The van der Waals surface area contributed by atoms with Crippen molar-refractivity contribution in [2.75, 3.05) is 18.0 Å². The number of hydrogen-bond donors (Lipinski definition) is 1. The number of carbonyl (C=O) groups is 1. The number of benzene rings is 2. The zero-order valence-electron chi connectivity index (χ0n) is 14.1. The Morgan fingerprint density at radius 3 is 2.29 bits per heavy atom. The van der Waals surface area contributed by atoms with Gasteiger partial charge in [0.05, 0.1) is 11.4 Å². The van der Waals surface area contributed by atoms with Crippen molar-refractivity contribution in [3.8, 4) is 0 Å². The summed E-state index contributed by atoms with van der Waals surface area (Å²) >= 11 is 0. The Morgan fingerprint density at radius 2 is 1.71 bits per heavy atom. The first-order valence-corrected chi connectivity index (χ1v) is 9.25. The lowest BCUT2D eigenvalue weighted by molar-refractivity contribution is -0.117. The summed E-state index contributed by atoms with van der Waals surface area (Å²) in [6.45, 7) is 5.87. The van der Waals surface area contributed by atoms with Crippen LogP contribution in [0.25, 0.3) is 0 Å². The molecule has 0 heterocycles. The summed E-state index contributed by atoms with van der Waals surface area (Å²) in [5.74, 6) is -0.293. The van der Waals surface area contributed by atoms with Crippen LogP contribution in [-0.2, 0) is 14.8 Å². The predicted octanol–water partition coefficient (Wildman–Crippen LogP) is 2.63. The van der Waals surface area contributed by atoms with Gasteiger partial charge < -0.3 is 4.90 Å². The van der Waals surface area contributed by atoms with Crippen LogP contribution in [0.2, 0.25) is 0 Å². The number of likely N-dealkylation sites (N-methyl/N-ethyl adjacent to an activating group) is 1. The van der Waals surface area contributed by atoms with Gasteiger partial charge in [0.15, 0.2) is 0 Å². The molecular formula is C18H22N2O3S. The smallest absolute Gasteiger partial charge is 0.242 e. The van der Waals surface area contributed by atoms with Gasteiger partial charge in [-0.25, -0.2) is 13.1 Å². The largest absolute Gasteiger partial charge is 0.312 e. The van der Waals surface area contributed by atoms with E-state index in [-0.39, 0.29) is 17.3 Å². The van der Waals surface area contributed by atoms with E-state index in [4.69, 9.17) is 0 Å². The fourth-order valence-corrected chi connectivity index (χ4v) is 3.33. The van der Waals surface area contributed by atoms with Crippen LogP contribution in [0.1, 0.15) is 18.1 Å². The van der Waals surface area contributed by atoms with Crippen molar-refractivity contribution in [3.05, 3.63) is 59.7 Å². The van der Waals surface area contributed by atoms with E-state index in [9.17, 15) is 13.2 Å². The number of nitrogens with one attached hydrogen (secondary N) is 1. The Balaban J connectivity index is 2.09. The van der Waals surface area contributed by atoms with E-state index in [1.54, 1.807) is 17.0 Å². The average molecular weight is 346 g/mol. The van der Waals surface area contributed by atoms with E-state index in [2.05, 4.69) is 4.72 Å². The Hall–Kier alpha value is -2.18. The number of nitrogens with zero attached hydrogens (tertiary/aromatic N) is 1. The van der Waals surface area contributed by atoms with Gasteiger partial charge in [0, 0.05) is 12.2 Å². The SMILES string of the molecule is CCN(C(=O)CNS(=O)(=O)c1ccc(C)cc1)c1cccc(C)c1. The van der Waals surface area contributed by atoms with Crippen molar-refractivity contribution in [2.24, 2.45) is 0 Å². The monoisotopic (exact) mass is 346 g/mol. The van der Waals surface area contributed by atoms with Crippen molar-refractivity contribution >= 4 is 21.6 Å². The molecule has 2 aromatic carbocycles. The standard InChI is InChI=1S/C18H22N2O3S/c1-4-20(16-7-5-6-15(3)12-16)18(21)13-19-24(22,23)17-10-8-14(2)9-11-17/h5-12,19H,4,13H2,1-3H3. The summed E-state index contributed by atoms with van der Waals surface area (Å²) in [4.78, 5) is 14.1. The van der Waals surface area contributed by atoms with E-state index < -0.39 is 10.0 Å². The predicted molar refractivity (Wildman–Crippen MR) is 95.6 cm³/mol. The molecule has 5 nitrogen and oxygen atoms in total. The number of hydrogen-bond acceptors (Lipinski definition) is 3. The number of anilines is 1. The Labute approximate surface area is 143 Å². The van der Waals surface area contributed by atoms with E-state index in [0.29, 0.717) is 6.54 Å². The van der Waals surface area contributed by atoms with E-state index in [0.717, 1.165) is 16.8 Å². The van der Waals surface area contributed by atoms with Gasteiger partial charge in [0.1, 0.15) is 0 Å². The number of carbonyl (C=O) groups excluding carboxylic acids is 1.